The summed E-state index contributed by atoms with van der Waals surface area (Å²) in [6, 6.07) is 0.219. The lowest BCUT2D eigenvalue weighted by Crippen LogP contribution is -2.47. The second-order valence-corrected chi connectivity index (χ2v) is 6.96. The molecule has 3 heteroatoms. The maximum Gasteiger partial charge on any atom is 0.239 e. The van der Waals surface area contributed by atoms with E-state index in [0.717, 1.165) is 18.9 Å². The maximum atomic E-state index is 12.5. The second-order valence-electron chi connectivity index (χ2n) is 6.96. The number of carbonyl (C=O) groups is 1. The topological polar surface area (TPSA) is 46.3 Å². The third kappa shape index (κ3) is 4.48. The summed E-state index contributed by atoms with van der Waals surface area (Å²) in [6.45, 7) is 5.24. The summed E-state index contributed by atoms with van der Waals surface area (Å²) in [6.07, 6.45) is 9.85. The van der Waals surface area contributed by atoms with Gasteiger partial charge in [0, 0.05) is 12.6 Å². The number of carbonyl (C=O) groups excluding carboxylic acids is 1. The van der Waals surface area contributed by atoms with Crippen molar-refractivity contribution in [1.82, 2.24) is 4.90 Å². The zero-order chi connectivity index (χ0) is 13.8. The largest absolute Gasteiger partial charge is 0.338 e. The summed E-state index contributed by atoms with van der Waals surface area (Å²) in [5, 5.41) is 0. The third-order valence-electron chi connectivity index (χ3n) is 4.49. The van der Waals surface area contributed by atoms with Crippen molar-refractivity contribution in [2.75, 3.05) is 6.54 Å². The van der Waals surface area contributed by atoms with Crippen LogP contribution in [0.3, 0.4) is 0 Å². The van der Waals surface area contributed by atoms with Gasteiger partial charge in [-0.2, -0.15) is 0 Å². The van der Waals surface area contributed by atoms with E-state index in [1.807, 2.05) is 0 Å². The molecule has 2 aliphatic carbocycles. The molecule has 2 rings (SSSR count). The molecule has 3 nitrogen and oxygen atoms in total. The highest BCUT2D eigenvalue weighted by molar-refractivity contribution is 5.82. The first-order valence-electron chi connectivity index (χ1n) is 8.14. The highest BCUT2D eigenvalue weighted by Gasteiger charge is 2.36. The molecule has 0 aromatic rings. The molecule has 2 aliphatic rings. The molecular weight excluding hydrogens is 236 g/mol. The lowest BCUT2D eigenvalue weighted by molar-refractivity contribution is -0.134. The molecule has 0 radical (unpaired) electrons. The first kappa shape index (κ1) is 14.8. The Kier molecular flexibility index (Phi) is 5.26. The summed E-state index contributed by atoms with van der Waals surface area (Å²) >= 11 is 0. The molecule has 0 spiro atoms. The smallest absolute Gasteiger partial charge is 0.239 e. The Hall–Kier alpha value is -0.570. The first-order valence-corrected chi connectivity index (χ1v) is 8.14. The number of hydrogen-bond acceptors (Lipinski definition) is 2. The minimum absolute atomic E-state index is 0.210. The lowest BCUT2D eigenvalue weighted by Gasteiger charge is -2.32. The molecule has 0 saturated heterocycles. The SMILES string of the molecule is CC(C)C[C@H](N)C(=O)N(CC1CCCCC1)C1CC1. The van der Waals surface area contributed by atoms with Gasteiger partial charge in [0.25, 0.3) is 0 Å². The molecule has 0 bridgehead atoms. The normalized spacial score (nSPS) is 22.5. The summed E-state index contributed by atoms with van der Waals surface area (Å²) in [4.78, 5) is 14.7. The third-order valence-corrected chi connectivity index (χ3v) is 4.49. The van der Waals surface area contributed by atoms with Crippen molar-refractivity contribution in [1.29, 1.82) is 0 Å². The van der Waals surface area contributed by atoms with E-state index in [0.29, 0.717) is 12.0 Å². The molecule has 110 valence electrons. The quantitative estimate of drug-likeness (QED) is 0.803. The fourth-order valence-electron chi connectivity index (χ4n) is 3.27. The predicted octanol–water partition coefficient (Wildman–Crippen LogP) is 2.93. The van der Waals surface area contributed by atoms with Crippen molar-refractivity contribution in [2.45, 2.75) is 77.3 Å². The van der Waals surface area contributed by atoms with Crippen LogP contribution in [-0.2, 0) is 4.79 Å². The summed E-state index contributed by atoms with van der Waals surface area (Å²) in [5.74, 6) is 1.43. The van der Waals surface area contributed by atoms with Gasteiger partial charge in [-0.05, 0) is 43.9 Å². The molecule has 0 aliphatic heterocycles. The Morgan fingerprint density at radius 3 is 2.32 bits per heavy atom. The number of nitrogens with zero attached hydrogens (tertiary/aromatic N) is 1. The Labute approximate surface area is 117 Å². The van der Waals surface area contributed by atoms with Crippen LogP contribution < -0.4 is 5.73 Å². The van der Waals surface area contributed by atoms with E-state index in [1.165, 1.54) is 44.9 Å². The Bertz CT molecular complexity index is 293. The van der Waals surface area contributed by atoms with Crippen LogP contribution in [0.4, 0.5) is 0 Å². The van der Waals surface area contributed by atoms with E-state index in [1.54, 1.807) is 0 Å². The molecule has 2 N–H and O–H groups in total. The number of amides is 1. The minimum Gasteiger partial charge on any atom is -0.338 e. The fourth-order valence-corrected chi connectivity index (χ4v) is 3.27. The number of rotatable bonds is 6. The molecule has 1 atom stereocenters. The van der Waals surface area contributed by atoms with Crippen molar-refractivity contribution < 1.29 is 4.79 Å². The standard InChI is InChI=1S/C16H30N2O/c1-12(2)10-15(17)16(19)18(14-8-9-14)11-13-6-4-3-5-7-13/h12-15H,3-11,17H2,1-2H3/t15-/m0/s1. The number of hydrogen-bond donors (Lipinski definition) is 1. The minimum atomic E-state index is -0.288. The van der Waals surface area contributed by atoms with Crippen LogP contribution in [0.25, 0.3) is 0 Å². The molecule has 0 unspecified atom stereocenters. The average molecular weight is 266 g/mol. The fraction of sp³-hybridized carbons (Fsp3) is 0.938. The zero-order valence-corrected chi connectivity index (χ0v) is 12.6. The van der Waals surface area contributed by atoms with E-state index in [4.69, 9.17) is 5.73 Å². The van der Waals surface area contributed by atoms with Crippen LogP contribution in [-0.4, -0.2) is 29.4 Å². The van der Waals surface area contributed by atoms with Gasteiger partial charge in [-0.15, -0.1) is 0 Å². The average Bonchev–Trinajstić information content (AvgIpc) is 3.20. The molecule has 0 aromatic carbocycles. The van der Waals surface area contributed by atoms with Gasteiger partial charge in [0.05, 0.1) is 6.04 Å². The molecule has 2 fully saturated rings. The molecule has 0 aromatic heterocycles. The van der Waals surface area contributed by atoms with E-state index in [2.05, 4.69) is 18.7 Å². The molecular formula is C16H30N2O. The second kappa shape index (κ2) is 6.74. The van der Waals surface area contributed by atoms with Gasteiger partial charge in [0.2, 0.25) is 5.91 Å². The van der Waals surface area contributed by atoms with Gasteiger partial charge in [-0.3, -0.25) is 4.79 Å². The predicted molar refractivity (Wildman–Crippen MR) is 78.7 cm³/mol. The van der Waals surface area contributed by atoms with Gasteiger partial charge in [0.15, 0.2) is 0 Å². The van der Waals surface area contributed by atoms with Crippen LogP contribution in [0.1, 0.15) is 65.2 Å². The Morgan fingerprint density at radius 1 is 1.16 bits per heavy atom. The zero-order valence-electron chi connectivity index (χ0n) is 12.6. The highest BCUT2D eigenvalue weighted by atomic mass is 16.2. The van der Waals surface area contributed by atoms with Gasteiger partial charge in [-0.25, -0.2) is 0 Å². The van der Waals surface area contributed by atoms with Crippen molar-refractivity contribution in [3.8, 4) is 0 Å². The van der Waals surface area contributed by atoms with Crippen molar-refractivity contribution in [3.63, 3.8) is 0 Å². The molecule has 19 heavy (non-hydrogen) atoms. The van der Waals surface area contributed by atoms with E-state index < -0.39 is 0 Å². The summed E-state index contributed by atoms with van der Waals surface area (Å²) in [5.41, 5.74) is 6.10. The maximum absolute atomic E-state index is 12.5. The van der Waals surface area contributed by atoms with Gasteiger partial charge in [0.1, 0.15) is 0 Å². The van der Waals surface area contributed by atoms with Crippen molar-refractivity contribution in [2.24, 2.45) is 17.6 Å². The first-order chi connectivity index (χ1) is 9.08. The van der Waals surface area contributed by atoms with E-state index in [9.17, 15) is 4.79 Å². The van der Waals surface area contributed by atoms with Crippen LogP contribution in [0.2, 0.25) is 0 Å². The summed E-state index contributed by atoms with van der Waals surface area (Å²) < 4.78 is 0. The lowest BCUT2D eigenvalue weighted by atomic mass is 9.88. The van der Waals surface area contributed by atoms with Crippen LogP contribution in [0, 0.1) is 11.8 Å². The van der Waals surface area contributed by atoms with Crippen LogP contribution in [0.5, 0.6) is 0 Å². The Balaban J connectivity index is 1.89. The van der Waals surface area contributed by atoms with E-state index >= 15 is 0 Å². The molecule has 0 heterocycles. The van der Waals surface area contributed by atoms with E-state index in [-0.39, 0.29) is 11.9 Å². The van der Waals surface area contributed by atoms with Gasteiger partial charge in [-0.1, -0.05) is 33.1 Å². The van der Waals surface area contributed by atoms with Gasteiger partial charge < -0.3 is 10.6 Å². The Morgan fingerprint density at radius 2 is 1.79 bits per heavy atom. The number of nitrogens with two attached hydrogens (primary N) is 1. The molecule has 2 saturated carbocycles. The molecule has 1 amide bonds. The van der Waals surface area contributed by atoms with Gasteiger partial charge >= 0.3 is 0 Å². The van der Waals surface area contributed by atoms with Crippen molar-refractivity contribution in [3.05, 3.63) is 0 Å². The van der Waals surface area contributed by atoms with Crippen LogP contribution in [0.15, 0.2) is 0 Å². The monoisotopic (exact) mass is 266 g/mol. The van der Waals surface area contributed by atoms with Crippen molar-refractivity contribution >= 4 is 5.91 Å². The highest BCUT2D eigenvalue weighted by Crippen LogP contribution is 2.32. The summed E-state index contributed by atoms with van der Waals surface area (Å²) in [7, 11) is 0. The van der Waals surface area contributed by atoms with Crippen LogP contribution >= 0.6 is 0 Å².